The molecule has 2 heterocycles. The van der Waals surface area contributed by atoms with Gasteiger partial charge >= 0.3 is 0 Å². The number of ketones is 1. The summed E-state index contributed by atoms with van der Waals surface area (Å²) in [5, 5.41) is 11.7. The number of aromatic nitrogens is 1. The minimum atomic E-state index is -1.11. The first-order valence-corrected chi connectivity index (χ1v) is 11.3. The van der Waals surface area contributed by atoms with Crippen LogP contribution in [-0.4, -0.2) is 21.8 Å². The van der Waals surface area contributed by atoms with E-state index in [9.17, 15) is 14.7 Å². The Hall–Kier alpha value is -3.35. The topological polar surface area (TPSA) is 70.5 Å². The van der Waals surface area contributed by atoms with Gasteiger partial charge in [0.15, 0.2) is 5.13 Å². The molecule has 1 aliphatic rings. The van der Waals surface area contributed by atoms with Gasteiger partial charge in [0.1, 0.15) is 0 Å². The molecule has 3 atom stereocenters. The number of benzene rings is 3. The lowest BCUT2D eigenvalue weighted by Crippen LogP contribution is -2.30. The summed E-state index contributed by atoms with van der Waals surface area (Å²) in [6.45, 7) is 3.95. The van der Waals surface area contributed by atoms with E-state index in [0.717, 1.165) is 26.9 Å². The van der Waals surface area contributed by atoms with Crippen LogP contribution in [0.15, 0.2) is 72.8 Å². The van der Waals surface area contributed by atoms with Crippen molar-refractivity contribution < 1.29 is 14.7 Å². The molecule has 3 unspecified atom stereocenters. The summed E-state index contributed by atoms with van der Waals surface area (Å²) in [4.78, 5) is 32.6. The number of aliphatic hydroxyl groups excluding tert-OH is 1. The average Bonchev–Trinajstić information content (AvgIpc) is 3.33. The highest BCUT2D eigenvalue weighted by atomic mass is 32.1. The van der Waals surface area contributed by atoms with E-state index >= 15 is 0 Å². The second kappa shape index (κ2) is 7.97. The molecule has 1 saturated heterocycles. The van der Waals surface area contributed by atoms with Gasteiger partial charge in [-0.3, -0.25) is 14.5 Å². The van der Waals surface area contributed by atoms with E-state index in [-0.39, 0.29) is 0 Å². The fourth-order valence-corrected chi connectivity index (χ4v) is 5.27. The van der Waals surface area contributed by atoms with Gasteiger partial charge in [-0.15, -0.1) is 0 Å². The fraction of sp³-hybridized carbons (Fsp3) is 0.192. The quantitative estimate of drug-likeness (QED) is 0.456. The first kappa shape index (κ1) is 20.5. The summed E-state index contributed by atoms with van der Waals surface area (Å²) in [6.07, 6.45) is -1.11. The predicted octanol–water partition coefficient (Wildman–Crippen LogP) is 4.92. The van der Waals surface area contributed by atoms with E-state index < -0.39 is 29.8 Å². The number of aliphatic hydroxyl groups is 1. The minimum Gasteiger partial charge on any atom is -0.388 e. The molecule has 6 heteroatoms. The Bertz CT molecular complexity index is 1280. The van der Waals surface area contributed by atoms with Crippen molar-refractivity contribution in [1.29, 1.82) is 0 Å². The molecule has 1 fully saturated rings. The Morgan fingerprint density at radius 1 is 0.906 bits per heavy atom. The molecule has 1 amide bonds. The molecule has 3 aromatic carbocycles. The number of nitrogens with zero attached hydrogens (tertiary/aromatic N) is 2. The van der Waals surface area contributed by atoms with E-state index in [4.69, 9.17) is 0 Å². The largest absolute Gasteiger partial charge is 0.388 e. The van der Waals surface area contributed by atoms with Crippen LogP contribution in [0.5, 0.6) is 0 Å². The number of hydrogen-bond acceptors (Lipinski definition) is 5. The highest BCUT2D eigenvalue weighted by Gasteiger charge is 2.53. The number of hydrogen-bond donors (Lipinski definition) is 1. The van der Waals surface area contributed by atoms with Crippen LogP contribution in [-0.2, 0) is 9.59 Å². The zero-order valence-corrected chi connectivity index (χ0v) is 18.5. The van der Waals surface area contributed by atoms with Crippen molar-refractivity contribution in [3.05, 3.63) is 95.1 Å². The van der Waals surface area contributed by atoms with Crippen molar-refractivity contribution in [1.82, 2.24) is 4.98 Å². The van der Waals surface area contributed by atoms with Crippen molar-refractivity contribution in [2.24, 2.45) is 5.92 Å². The van der Waals surface area contributed by atoms with Crippen LogP contribution >= 0.6 is 11.3 Å². The van der Waals surface area contributed by atoms with E-state index in [1.807, 2.05) is 86.6 Å². The van der Waals surface area contributed by atoms with Crippen molar-refractivity contribution in [3.63, 3.8) is 0 Å². The molecule has 0 saturated carbocycles. The Balaban J connectivity index is 1.65. The molecule has 5 rings (SSSR count). The number of carbonyl (C=O) groups excluding carboxylic acids is 2. The maximum atomic E-state index is 13.3. The molecule has 160 valence electrons. The first-order valence-electron chi connectivity index (χ1n) is 10.5. The predicted molar refractivity (Wildman–Crippen MR) is 126 cm³/mol. The van der Waals surface area contributed by atoms with Crippen LogP contribution < -0.4 is 4.90 Å². The lowest BCUT2D eigenvalue weighted by Gasteiger charge is -2.28. The number of amides is 1. The fourth-order valence-electron chi connectivity index (χ4n) is 4.27. The van der Waals surface area contributed by atoms with Crippen LogP contribution in [0.1, 0.15) is 34.4 Å². The Morgan fingerprint density at radius 3 is 2.19 bits per heavy atom. The number of thiazole rings is 1. The number of Topliss-reactive ketones (excluding diaryl/α,β-unsaturated/α-hetero) is 1. The van der Waals surface area contributed by atoms with Gasteiger partial charge in [0.2, 0.25) is 5.78 Å². The van der Waals surface area contributed by atoms with Gasteiger partial charge in [-0.2, -0.15) is 0 Å². The van der Waals surface area contributed by atoms with E-state index in [1.54, 1.807) is 0 Å². The van der Waals surface area contributed by atoms with Crippen LogP contribution in [0.4, 0.5) is 5.13 Å². The number of fused-ring (bicyclic) bond motifs is 1. The number of carbonyl (C=O) groups is 2. The van der Waals surface area contributed by atoms with Crippen molar-refractivity contribution in [2.75, 3.05) is 4.90 Å². The molecule has 0 bridgehead atoms. The number of anilines is 1. The van der Waals surface area contributed by atoms with Gasteiger partial charge in [-0.1, -0.05) is 83.1 Å². The standard InChI is InChI=1S/C26H22N2O3S/c1-15-7-11-17(12-8-15)22-21(23(29)18-13-9-16(2)10-14-18)24(30)25(31)28(22)26-27-19-5-3-4-6-20(19)32-26/h3-14,21-23,29H,1-2H3. The van der Waals surface area contributed by atoms with Crippen LogP contribution in [0.2, 0.25) is 0 Å². The molecule has 0 aliphatic carbocycles. The third kappa shape index (κ3) is 3.42. The summed E-state index contributed by atoms with van der Waals surface area (Å²) in [5.41, 5.74) is 4.32. The van der Waals surface area contributed by atoms with Gasteiger partial charge in [-0.05, 0) is 37.1 Å². The smallest absolute Gasteiger partial charge is 0.297 e. The molecule has 32 heavy (non-hydrogen) atoms. The Morgan fingerprint density at radius 2 is 1.53 bits per heavy atom. The normalized spacial score (nSPS) is 19.7. The monoisotopic (exact) mass is 442 g/mol. The molecule has 5 nitrogen and oxygen atoms in total. The minimum absolute atomic E-state index is 0.466. The second-order valence-corrected chi connectivity index (χ2v) is 9.25. The highest BCUT2D eigenvalue weighted by molar-refractivity contribution is 7.22. The summed E-state index contributed by atoms with van der Waals surface area (Å²) >= 11 is 1.37. The molecule has 0 radical (unpaired) electrons. The maximum absolute atomic E-state index is 13.3. The molecular weight excluding hydrogens is 420 g/mol. The third-order valence-corrected chi connectivity index (χ3v) is 7.05. The zero-order valence-electron chi connectivity index (χ0n) is 17.7. The van der Waals surface area contributed by atoms with Gasteiger partial charge in [0, 0.05) is 0 Å². The van der Waals surface area contributed by atoms with E-state index in [0.29, 0.717) is 10.7 Å². The SMILES string of the molecule is Cc1ccc(C(O)C2C(=O)C(=O)N(c3nc4ccccc4s3)C2c2ccc(C)cc2)cc1. The maximum Gasteiger partial charge on any atom is 0.297 e. The number of rotatable bonds is 4. The summed E-state index contributed by atoms with van der Waals surface area (Å²) in [6, 6.07) is 22.1. The number of para-hydroxylation sites is 1. The second-order valence-electron chi connectivity index (χ2n) is 8.24. The summed E-state index contributed by atoms with van der Waals surface area (Å²) in [5.74, 6) is -2.16. The first-order chi connectivity index (χ1) is 15.4. The molecule has 1 N–H and O–H groups in total. The van der Waals surface area contributed by atoms with Crippen molar-refractivity contribution in [3.8, 4) is 0 Å². The van der Waals surface area contributed by atoms with E-state index in [2.05, 4.69) is 4.98 Å². The summed E-state index contributed by atoms with van der Waals surface area (Å²) in [7, 11) is 0. The third-order valence-electron chi connectivity index (χ3n) is 6.02. The Labute approximate surface area is 190 Å². The lowest BCUT2D eigenvalue weighted by atomic mass is 9.85. The molecule has 1 aliphatic heterocycles. The molecular formula is C26H22N2O3S. The van der Waals surface area contributed by atoms with Gasteiger partial charge in [0.25, 0.3) is 5.91 Å². The highest BCUT2D eigenvalue weighted by Crippen LogP contribution is 2.46. The molecule has 1 aromatic heterocycles. The van der Waals surface area contributed by atoms with Crippen LogP contribution in [0.3, 0.4) is 0 Å². The van der Waals surface area contributed by atoms with Crippen molar-refractivity contribution in [2.45, 2.75) is 26.0 Å². The van der Waals surface area contributed by atoms with Crippen molar-refractivity contribution >= 4 is 38.4 Å². The average molecular weight is 443 g/mol. The van der Waals surface area contributed by atoms with Gasteiger partial charge in [-0.25, -0.2) is 4.98 Å². The van der Waals surface area contributed by atoms with Gasteiger partial charge < -0.3 is 5.11 Å². The molecule has 0 spiro atoms. The zero-order chi connectivity index (χ0) is 22.4. The van der Waals surface area contributed by atoms with Crippen LogP contribution in [0, 0.1) is 19.8 Å². The lowest BCUT2D eigenvalue weighted by molar-refractivity contribution is -0.137. The molecule has 4 aromatic rings. The number of aryl methyl sites for hydroxylation is 2. The summed E-state index contributed by atoms with van der Waals surface area (Å²) < 4.78 is 0.938. The van der Waals surface area contributed by atoms with E-state index in [1.165, 1.54) is 16.2 Å². The van der Waals surface area contributed by atoms with Gasteiger partial charge in [0.05, 0.1) is 28.3 Å². The Kier molecular flexibility index (Phi) is 5.12. The van der Waals surface area contributed by atoms with Crippen LogP contribution in [0.25, 0.3) is 10.2 Å².